The summed E-state index contributed by atoms with van der Waals surface area (Å²) in [4.78, 5) is 21.0. The van der Waals surface area contributed by atoms with Gasteiger partial charge in [0.2, 0.25) is 6.29 Å². The SMILES string of the molecule is C=C(C(=O)OCC)C(C)OOC(CC#N)OC. The first-order chi connectivity index (χ1) is 8.06. The third-order valence-electron chi connectivity index (χ3n) is 1.86. The van der Waals surface area contributed by atoms with Crippen molar-refractivity contribution in [1.29, 1.82) is 5.26 Å². The monoisotopic (exact) mass is 243 g/mol. The largest absolute Gasteiger partial charge is 0.463 e. The molecule has 2 unspecified atom stereocenters. The van der Waals surface area contributed by atoms with Crippen molar-refractivity contribution >= 4 is 5.97 Å². The Hall–Kier alpha value is -1.42. The molecule has 0 aliphatic heterocycles. The molecule has 6 nitrogen and oxygen atoms in total. The molecule has 0 fully saturated rings. The van der Waals surface area contributed by atoms with Crippen molar-refractivity contribution in [1.82, 2.24) is 0 Å². The van der Waals surface area contributed by atoms with E-state index in [1.54, 1.807) is 13.8 Å². The Morgan fingerprint density at radius 1 is 1.47 bits per heavy atom. The van der Waals surface area contributed by atoms with E-state index in [-0.39, 0.29) is 18.6 Å². The van der Waals surface area contributed by atoms with Crippen molar-refractivity contribution < 1.29 is 24.0 Å². The number of methoxy groups -OCH3 is 1. The number of carbonyl (C=O) groups is 1. The Kier molecular flexibility index (Phi) is 7.97. The molecule has 0 aromatic carbocycles. The van der Waals surface area contributed by atoms with Gasteiger partial charge in [-0.1, -0.05) is 6.58 Å². The zero-order chi connectivity index (χ0) is 13.3. The first-order valence-corrected chi connectivity index (χ1v) is 5.14. The summed E-state index contributed by atoms with van der Waals surface area (Å²) in [7, 11) is 1.39. The fourth-order valence-electron chi connectivity index (χ4n) is 0.824. The van der Waals surface area contributed by atoms with Crippen LogP contribution in [0.5, 0.6) is 0 Å². The van der Waals surface area contributed by atoms with E-state index in [0.717, 1.165) is 0 Å². The minimum atomic E-state index is -0.794. The Labute approximate surface area is 101 Å². The zero-order valence-corrected chi connectivity index (χ0v) is 10.3. The average molecular weight is 243 g/mol. The lowest BCUT2D eigenvalue weighted by Crippen LogP contribution is -2.24. The Morgan fingerprint density at radius 2 is 2.12 bits per heavy atom. The highest BCUT2D eigenvalue weighted by atomic mass is 17.2. The molecule has 2 atom stereocenters. The molecule has 0 saturated carbocycles. The van der Waals surface area contributed by atoms with Gasteiger partial charge in [0.25, 0.3) is 0 Å². The van der Waals surface area contributed by atoms with Crippen LogP contribution in [0.2, 0.25) is 0 Å². The number of ether oxygens (including phenoxy) is 2. The van der Waals surface area contributed by atoms with Gasteiger partial charge in [-0.25, -0.2) is 14.6 Å². The van der Waals surface area contributed by atoms with Crippen LogP contribution in [0.3, 0.4) is 0 Å². The van der Waals surface area contributed by atoms with E-state index >= 15 is 0 Å². The summed E-state index contributed by atoms with van der Waals surface area (Å²) >= 11 is 0. The highest BCUT2D eigenvalue weighted by Crippen LogP contribution is 2.09. The van der Waals surface area contributed by atoms with E-state index < -0.39 is 18.4 Å². The number of hydrogen-bond acceptors (Lipinski definition) is 6. The summed E-state index contributed by atoms with van der Waals surface area (Å²) in [5.41, 5.74) is 0.138. The van der Waals surface area contributed by atoms with Crippen LogP contribution in [-0.4, -0.2) is 32.1 Å². The van der Waals surface area contributed by atoms with Gasteiger partial charge in [0.1, 0.15) is 6.10 Å². The normalized spacial score (nSPS) is 13.5. The molecule has 0 saturated heterocycles. The van der Waals surface area contributed by atoms with Crippen LogP contribution in [0.4, 0.5) is 0 Å². The highest BCUT2D eigenvalue weighted by molar-refractivity contribution is 5.88. The summed E-state index contributed by atoms with van der Waals surface area (Å²) in [6, 6.07) is 1.87. The number of hydrogen-bond donors (Lipinski definition) is 0. The van der Waals surface area contributed by atoms with E-state index in [0.29, 0.717) is 0 Å². The number of nitrogens with zero attached hydrogens (tertiary/aromatic N) is 1. The van der Waals surface area contributed by atoms with Crippen LogP contribution in [0.15, 0.2) is 12.2 Å². The van der Waals surface area contributed by atoms with Gasteiger partial charge < -0.3 is 9.47 Å². The molecule has 0 heterocycles. The average Bonchev–Trinajstić information content (AvgIpc) is 2.33. The summed E-state index contributed by atoms with van der Waals surface area (Å²) in [5, 5.41) is 8.44. The number of esters is 1. The molecule has 96 valence electrons. The van der Waals surface area contributed by atoms with E-state index in [2.05, 4.69) is 6.58 Å². The Morgan fingerprint density at radius 3 is 2.59 bits per heavy atom. The lowest BCUT2D eigenvalue weighted by molar-refractivity contribution is -0.385. The van der Waals surface area contributed by atoms with Crippen molar-refractivity contribution in [3.8, 4) is 6.07 Å². The quantitative estimate of drug-likeness (QED) is 0.210. The molecule has 0 radical (unpaired) electrons. The van der Waals surface area contributed by atoms with E-state index in [9.17, 15) is 4.79 Å². The maximum absolute atomic E-state index is 11.3. The first kappa shape index (κ1) is 15.6. The van der Waals surface area contributed by atoms with Crippen LogP contribution in [0.25, 0.3) is 0 Å². The molecule has 0 rings (SSSR count). The van der Waals surface area contributed by atoms with Crippen LogP contribution >= 0.6 is 0 Å². The van der Waals surface area contributed by atoms with Crippen molar-refractivity contribution in [3.63, 3.8) is 0 Å². The van der Waals surface area contributed by atoms with Gasteiger partial charge >= 0.3 is 5.97 Å². The molecule has 0 bridgehead atoms. The van der Waals surface area contributed by atoms with Gasteiger partial charge in [-0.2, -0.15) is 5.26 Å². The first-order valence-electron chi connectivity index (χ1n) is 5.14. The Bertz CT molecular complexity index is 297. The molecule has 0 N–H and O–H groups in total. The molecule has 0 aromatic rings. The van der Waals surface area contributed by atoms with E-state index in [4.69, 9.17) is 24.5 Å². The molecular weight excluding hydrogens is 226 g/mol. The van der Waals surface area contributed by atoms with Crippen LogP contribution in [-0.2, 0) is 24.0 Å². The lowest BCUT2D eigenvalue weighted by atomic mass is 10.2. The second kappa shape index (κ2) is 8.70. The predicted molar refractivity (Wildman–Crippen MR) is 58.4 cm³/mol. The van der Waals surface area contributed by atoms with Crippen molar-refractivity contribution in [2.24, 2.45) is 0 Å². The smallest absolute Gasteiger partial charge is 0.336 e. The molecule has 0 aromatic heterocycles. The molecule has 6 heteroatoms. The second-order valence-electron chi connectivity index (χ2n) is 3.11. The van der Waals surface area contributed by atoms with Gasteiger partial charge in [0, 0.05) is 7.11 Å². The van der Waals surface area contributed by atoms with Crippen molar-refractivity contribution in [2.75, 3.05) is 13.7 Å². The van der Waals surface area contributed by atoms with Gasteiger partial charge in [0.05, 0.1) is 24.7 Å². The second-order valence-corrected chi connectivity index (χ2v) is 3.11. The van der Waals surface area contributed by atoms with Gasteiger partial charge in [-0.3, -0.25) is 0 Å². The number of carbonyl (C=O) groups excluding carboxylic acids is 1. The summed E-state index contributed by atoms with van der Waals surface area (Å²) in [5.74, 6) is -0.544. The summed E-state index contributed by atoms with van der Waals surface area (Å²) in [6.07, 6.45) is -1.45. The predicted octanol–water partition coefficient (Wildman–Crippen LogP) is 1.33. The molecular formula is C11H17NO5. The topological polar surface area (TPSA) is 77.8 Å². The fourth-order valence-corrected chi connectivity index (χ4v) is 0.824. The van der Waals surface area contributed by atoms with Crippen LogP contribution in [0.1, 0.15) is 20.3 Å². The fraction of sp³-hybridized carbons (Fsp3) is 0.636. The van der Waals surface area contributed by atoms with E-state index in [1.807, 2.05) is 6.07 Å². The number of nitriles is 1. The Balaban J connectivity index is 4.08. The molecule has 17 heavy (non-hydrogen) atoms. The molecule has 0 amide bonds. The third-order valence-corrected chi connectivity index (χ3v) is 1.86. The minimum Gasteiger partial charge on any atom is -0.463 e. The standard InChI is InChI=1S/C11H17NO5/c1-5-15-11(13)8(2)9(3)16-17-10(14-4)6-7-12/h9-10H,2,5-6H2,1,3-4H3. The summed E-state index contributed by atoms with van der Waals surface area (Å²) in [6.45, 7) is 7.08. The number of rotatable bonds is 8. The molecule has 0 spiro atoms. The maximum atomic E-state index is 11.3. The van der Waals surface area contributed by atoms with Gasteiger partial charge in [-0.15, -0.1) is 0 Å². The van der Waals surface area contributed by atoms with Gasteiger partial charge in [0.15, 0.2) is 0 Å². The maximum Gasteiger partial charge on any atom is 0.336 e. The highest BCUT2D eigenvalue weighted by Gasteiger charge is 2.19. The summed E-state index contributed by atoms with van der Waals surface area (Å²) < 4.78 is 9.56. The van der Waals surface area contributed by atoms with Crippen molar-refractivity contribution in [2.45, 2.75) is 32.7 Å². The van der Waals surface area contributed by atoms with Gasteiger partial charge in [-0.05, 0) is 13.8 Å². The van der Waals surface area contributed by atoms with Crippen LogP contribution < -0.4 is 0 Å². The van der Waals surface area contributed by atoms with Crippen molar-refractivity contribution in [3.05, 3.63) is 12.2 Å². The third kappa shape index (κ3) is 6.02. The van der Waals surface area contributed by atoms with E-state index in [1.165, 1.54) is 7.11 Å². The zero-order valence-electron chi connectivity index (χ0n) is 10.3. The minimum absolute atomic E-state index is 0.0229. The molecule has 0 aliphatic carbocycles. The van der Waals surface area contributed by atoms with Crippen LogP contribution in [0, 0.1) is 11.3 Å². The molecule has 0 aliphatic rings. The lowest BCUT2D eigenvalue weighted by Gasteiger charge is -2.17.